The van der Waals surface area contributed by atoms with Crippen LogP contribution in [0.1, 0.15) is 17.8 Å². The Morgan fingerprint density at radius 2 is 1.79 bits per heavy atom. The number of hydrogen-bond donors (Lipinski definition) is 2. The minimum Gasteiger partial charge on any atom is -0.369 e. The highest BCUT2D eigenvalue weighted by atomic mass is 35.5. The first-order chi connectivity index (χ1) is 13.6. The number of anilines is 1. The Balaban J connectivity index is 1.74. The van der Waals surface area contributed by atoms with Gasteiger partial charge in [0.1, 0.15) is 11.6 Å². The minimum atomic E-state index is 0.569. The van der Waals surface area contributed by atoms with E-state index in [1.54, 1.807) is 0 Å². The Morgan fingerprint density at radius 3 is 2.57 bits per heavy atom. The van der Waals surface area contributed by atoms with Crippen LogP contribution < -0.4 is 10.6 Å². The largest absolute Gasteiger partial charge is 0.369 e. The standard InChI is InChI=1S/C21H25Cl2N5/c1-24-10-5-11-25-21-16-6-3-4-7-19(16)26-20(27-21)14-28(2)13-15-8-9-17(22)18(23)12-15/h3-4,6-9,12,24H,5,10-11,13-14H2,1-2H3,(H,25,26,27). The van der Waals surface area contributed by atoms with Crippen LogP contribution in [-0.2, 0) is 13.1 Å². The van der Waals surface area contributed by atoms with E-state index in [1.165, 1.54) is 0 Å². The van der Waals surface area contributed by atoms with Crippen LogP contribution in [0.3, 0.4) is 0 Å². The van der Waals surface area contributed by atoms with Crippen LogP contribution in [0.4, 0.5) is 5.82 Å². The third-order valence-electron chi connectivity index (χ3n) is 4.39. The van der Waals surface area contributed by atoms with Crippen molar-refractivity contribution in [3.8, 4) is 0 Å². The van der Waals surface area contributed by atoms with Gasteiger partial charge in [-0.05, 0) is 56.9 Å². The number of halogens is 2. The van der Waals surface area contributed by atoms with Gasteiger partial charge in [-0.3, -0.25) is 4.90 Å². The maximum absolute atomic E-state index is 6.13. The molecule has 1 aromatic heterocycles. The maximum atomic E-state index is 6.13. The summed E-state index contributed by atoms with van der Waals surface area (Å²) in [7, 11) is 4.00. The number of nitrogens with zero attached hydrogens (tertiary/aromatic N) is 3. The summed E-state index contributed by atoms with van der Waals surface area (Å²) in [5, 5.41) is 8.81. The van der Waals surface area contributed by atoms with E-state index in [0.29, 0.717) is 16.6 Å². The van der Waals surface area contributed by atoms with Crippen molar-refractivity contribution in [1.82, 2.24) is 20.2 Å². The van der Waals surface area contributed by atoms with Crippen LogP contribution in [0.2, 0.25) is 10.0 Å². The average Bonchev–Trinajstić information content (AvgIpc) is 2.68. The highest BCUT2D eigenvalue weighted by Crippen LogP contribution is 2.24. The molecule has 5 nitrogen and oxygen atoms in total. The van der Waals surface area contributed by atoms with Gasteiger partial charge in [0.2, 0.25) is 0 Å². The molecule has 0 aliphatic carbocycles. The Labute approximate surface area is 176 Å². The fraction of sp³-hybridized carbons (Fsp3) is 0.333. The zero-order chi connectivity index (χ0) is 19.9. The molecular weight excluding hydrogens is 393 g/mol. The molecule has 0 amide bonds. The fourth-order valence-electron chi connectivity index (χ4n) is 3.05. The fourth-order valence-corrected chi connectivity index (χ4v) is 3.37. The second kappa shape index (κ2) is 10.0. The molecule has 0 bridgehead atoms. The molecule has 3 rings (SSSR count). The molecule has 0 saturated carbocycles. The Hall–Kier alpha value is -1.92. The molecule has 0 fully saturated rings. The molecule has 0 spiro atoms. The lowest BCUT2D eigenvalue weighted by molar-refractivity contribution is 0.311. The van der Waals surface area contributed by atoms with Crippen molar-refractivity contribution < 1.29 is 0 Å². The number of para-hydroxylation sites is 1. The second-order valence-electron chi connectivity index (χ2n) is 6.81. The third-order valence-corrected chi connectivity index (χ3v) is 5.13. The van der Waals surface area contributed by atoms with Crippen molar-refractivity contribution in [2.24, 2.45) is 0 Å². The summed E-state index contributed by atoms with van der Waals surface area (Å²) in [5.41, 5.74) is 2.05. The second-order valence-corrected chi connectivity index (χ2v) is 7.62. The van der Waals surface area contributed by atoms with Gasteiger partial charge in [-0.15, -0.1) is 0 Å². The van der Waals surface area contributed by atoms with Gasteiger partial charge in [0, 0.05) is 18.5 Å². The van der Waals surface area contributed by atoms with Gasteiger partial charge in [-0.25, -0.2) is 9.97 Å². The Kier molecular flexibility index (Phi) is 7.45. The van der Waals surface area contributed by atoms with Gasteiger partial charge >= 0.3 is 0 Å². The molecule has 7 heteroatoms. The van der Waals surface area contributed by atoms with Gasteiger partial charge in [0.25, 0.3) is 0 Å². The van der Waals surface area contributed by atoms with Gasteiger partial charge < -0.3 is 10.6 Å². The summed E-state index contributed by atoms with van der Waals surface area (Å²) >= 11 is 12.1. The predicted molar refractivity (Wildman–Crippen MR) is 118 cm³/mol. The summed E-state index contributed by atoms with van der Waals surface area (Å²) < 4.78 is 0. The number of aromatic nitrogens is 2. The molecule has 0 saturated heterocycles. The number of rotatable bonds is 9. The maximum Gasteiger partial charge on any atom is 0.145 e. The molecule has 0 aliphatic rings. The van der Waals surface area contributed by atoms with E-state index in [4.69, 9.17) is 33.2 Å². The summed E-state index contributed by atoms with van der Waals surface area (Å²) in [6.45, 7) is 3.20. The first-order valence-electron chi connectivity index (χ1n) is 9.33. The monoisotopic (exact) mass is 417 g/mol. The predicted octanol–water partition coefficient (Wildman–Crippen LogP) is 4.59. The molecule has 0 unspecified atom stereocenters. The highest BCUT2D eigenvalue weighted by Gasteiger charge is 2.10. The third kappa shape index (κ3) is 5.55. The minimum absolute atomic E-state index is 0.569. The normalized spacial score (nSPS) is 11.3. The van der Waals surface area contributed by atoms with Crippen molar-refractivity contribution >= 4 is 39.9 Å². The number of benzene rings is 2. The van der Waals surface area contributed by atoms with Crippen molar-refractivity contribution in [1.29, 1.82) is 0 Å². The van der Waals surface area contributed by atoms with E-state index >= 15 is 0 Å². The van der Waals surface area contributed by atoms with Crippen LogP contribution in [0.25, 0.3) is 10.9 Å². The van der Waals surface area contributed by atoms with Crippen molar-refractivity contribution in [2.75, 3.05) is 32.5 Å². The number of hydrogen-bond acceptors (Lipinski definition) is 5. The topological polar surface area (TPSA) is 53.1 Å². The first kappa shape index (κ1) is 20.8. The molecule has 0 aliphatic heterocycles. The summed E-state index contributed by atoms with van der Waals surface area (Å²) in [5.74, 6) is 1.68. The SMILES string of the molecule is CNCCCNc1nc(CN(C)Cc2ccc(Cl)c(Cl)c2)nc2ccccc12. The summed E-state index contributed by atoms with van der Waals surface area (Å²) in [6, 6.07) is 13.8. The van der Waals surface area contributed by atoms with Gasteiger partial charge in [0.05, 0.1) is 22.1 Å². The van der Waals surface area contributed by atoms with Crippen LogP contribution in [-0.4, -0.2) is 42.1 Å². The van der Waals surface area contributed by atoms with Crippen molar-refractivity contribution in [3.05, 3.63) is 63.9 Å². The lowest BCUT2D eigenvalue weighted by atomic mass is 10.2. The van der Waals surface area contributed by atoms with E-state index in [2.05, 4.69) is 21.6 Å². The molecular formula is C21H25Cl2N5. The molecule has 2 N–H and O–H groups in total. The zero-order valence-corrected chi connectivity index (χ0v) is 17.7. The van der Waals surface area contributed by atoms with Gasteiger partial charge in [0.15, 0.2) is 0 Å². The van der Waals surface area contributed by atoms with Crippen molar-refractivity contribution in [2.45, 2.75) is 19.5 Å². The van der Waals surface area contributed by atoms with Crippen LogP contribution >= 0.6 is 23.2 Å². The van der Waals surface area contributed by atoms with E-state index in [-0.39, 0.29) is 0 Å². The zero-order valence-electron chi connectivity index (χ0n) is 16.2. The smallest absolute Gasteiger partial charge is 0.145 e. The van der Waals surface area contributed by atoms with Crippen molar-refractivity contribution in [3.63, 3.8) is 0 Å². The van der Waals surface area contributed by atoms with E-state index in [0.717, 1.165) is 54.2 Å². The number of fused-ring (bicyclic) bond motifs is 1. The average molecular weight is 418 g/mol. The summed E-state index contributed by atoms with van der Waals surface area (Å²) in [6.07, 6.45) is 1.03. The van der Waals surface area contributed by atoms with E-state index in [1.807, 2.05) is 50.5 Å². The molecule has 3 aromatic rings. The van der Waals surface area contributed by atoms with Gasteiger partial charge in [-0.1, -0.05) is 41.4 Å². The van der Waals surface area contributed by atoms with Crippen LogP contribution in [0.15, 0.2) is 42.5 Å². The first-order valence-corrected chi connectivity index (χ1v) is 10.1. The Morgan fingerprint density at radius 1 is 0.964 bits per heavy atom. The quantitative estimate of drug-likeness (QED) is 0.498. The Bertz CT molecular complexity index is 932. The van der Waals surface area contributed by atoms with Gasteiger partial charge in [-0.2, -0.15) is 0 Å². The summed E-state index contributed by atoms with van der Waals surface area (Å²) in [4.78, 5) is 11.7. The van der Waals surface area contributed by atoms with E-state index < -0.39 is 0 Å². The van der Waals surface area contributed by atoms with Crippen LogP contribution in [0.5, 0.6) is 0 Å². The lowest BCUT2D eigenvalue weighted by Gasteiger charge is -2.17. The number of nitrogens with one attached hydrogen (secondary N) is 2. The molecule has 0 radical (unpaired) electrons. The highest BCUT2D eigenvalue weighted by molar-refractivity contribution is 6.42. The molecule has 1 heterocycles. The molecule has 148 valence electrons. The van der Waals surface area contributed by atoms with Crippen LogP contribution in [0, 0.1) is 0 Å². The van der Waals surface area contributed by atoms with E-state index in [9.17, 15) is 0 Å². The molecule has 2 aromatic carbocycles. The lowest BCUT2D eigenvalue weighted by Crippen LogP contribution is -2.20. The molecule has 28 heavy (non-hydrogen) atoms. The molecule has 0 atom stereocenters.